The van der Waals surface area contributed by atoms with Crippen molar-refractivity contribution in [2.24, 2.45) is 11.7 Å². The number of nitrogens with two attached hydrogens (primary N) is 1. The lowest BCUT2D eigenvalue weighted by Crippen LogP contribution is -2.21. The number of hydrogen-bond donors (Lipinski definition) is 2. The molecule has 86 valence electrons. The second-order valence-electron chi connectivity index (χ2n) is 4.38. The van der Waals surface area contributed by atoms with E-state index < -0.39 is 0 Å². The van der Waals surface area contributed by atoms with E-state index in [1.54, 1.807) is 12.3 Å². The molecule has 4 nitrogen and oxygen atoms in total. The molecule has 5 heteroatoms. The van der Waals surface area contributed by atoms with Crippen LogP contribution in [0.25, 0.3) is 0 Å². The molecule has 0 radical (unpaired) electrons. The van der Waals surface area contributed by atoms with E-state index >= 15 is 0 Å². The van der Waals surface area contributed by atoms with Crippen molar-refractivity contribution < 1.29 is 0 Å². The summed E-state index contributed by atoms with van der Waals surface area (Å²) in [4.78, 5) is 0.357. The van der Waals surface area contributed by atoms with Gasteiger partial charge in [0, 0.05) is 6.04 Å². The Hall–Kier alpha value is -1.23. The maximum Gasteiger partial charge on any atom is 0.159 e. The third-order valence-electron chi connectivity index (χ3n) is 2.75. The summed E-state index contributed by atoms with van der Waals surface area (Å²) in [6.45, 7) is 2.15. The van der Waals surface area contributed by atoms with Crippen LogP contribution in [0, 0.1) is 5.92 Å². The van der Waals surface area contributed by atoms with Crippen LogP contribution < -0.4 is 11.1 Å². The average Bonchev–Trinajstić information content (AvgIpc) is 3.02. The van der Waals surface area contributed by atoms with Crippen LogP contribution in [0.15, 0.2) is 12.3 Å². The molecular formula is C11H16N4S. The fraction of sp³-hybridized carbons (Fsp3) is 0.545. The Balaban J connectivity index is 2.04. The zero-order valence-corrected chi connectivity index (χ0v) is 10.1. The summed E-state index contributed by atoms with van der Waals surface area (Å²) in [6.07, 6.45) is 5.49. The minimum absolute atomic E-state index is 0.357. The fourth-order valence-corrected chi connectivity index (χ4v) is 1.95. The molecule has 1 atom stereocenters. The first kappa shape index (κ1) is 11.3. The smallest absolute Gasteiger partial charge is 0.159 e. The predicted octanol–water partition coefficient (Wildman–Crippen LogP) is 1.71. The Morgan fingerprint density at radius 3 is 3.06 bits per heavy atom. The van der Waals surface area contributed by atoms with E-state index in [4.69, 9.17) is 18.0 Å². The van der Waals surface area contributed by atoms with Gasteiger partial charge in [0.15, 0.2) is 5.82 Å². The van der Waals surface area contributed by atoms with E-state index in [-0.39, 0.29) is 0 Å². The van der Waals surface area contributed by atoms with Crippen molar-refractivity contribution in [1.29, 1.82) is 0 Å². The Kier molecular flexibility index (Phi) is 3.33. The normalized spacial score (nSPS) is 16.8. The minimum atomic E-state index is 0.357. The van der Waals surface area contributed by atoms with Crippen LogP contribution in [0.4, 0.5) is 5.82 Å². The first-order valence-electron chi connectivity index (χ1n) is 5.55. The topological polar surface area (TPSA) is 63.8 Å². The van der Waals surface area contributed by atoms with E-state index in [1.807, 2.05) is 0 Å². The standard InChI is InChI=1S/C11H16N4S/c1-7(6-8-2-3-8)14-11-9(10(12)16)4-5-13-15-11/h4-5,7-8H,2-3,6H2,1H3,(H2,12,16)(H,14,15). The molecule has 0 saturated heterocycles. The van der Waals surface area contributed by atoms with Crippen LogP contribution in [0.5, 0.6) is 0 Å². The van der Waals surface area contributed by atoms with Gasteiger partial charge in [-0.15, -0.1) is 5.10 Å². The lowest BCUT2D eigenvalue weighted by molar-refractivity contribution is 0.638. The molecule has 0 spiro atoms. The Morgan fingerprint density at radius 2 is 2.44 bits per heavy atom. The number of thiocarbonyl (C=S) groups is 1. The van der Waals surface area contributed by atoms with Crippen LogP contribution in [0.1, 0.15) is 31.7 Å². The molecule has 3 N–H and O–H groups in total. The van der Waals surface area contributed by atoms with Crippen molar-refractivity contribution in [3.63, 3.8) is 0 Å². The lowest BCUT2D eigenvalue weighted by atomic mass is 10.1. The molecular weight excluding hydrogens is 220 g/mol. The highest BCUT2D eigenvalue weighted by atomic mass is 32.1. The number of aromatic nitrogens is 2. The molecule has 16 heavy (non-hydrogen) atoms. The Bertz CT molecular complexity index is 389. The van der Waals surface area contributed by atoms with Crippen LogP contribution >= 0.6 is 12.2 Å². The quantitative estimate of drug-likeness (QED) is 0.762. The molecule has 1 aromatic heterocycles. The molecule has 1 aliphatic carbocycles. The van der Waals surface area contributed by atoms with E-state index in [0.717, 1.165) is 11.5 Å². The summed E-state index contributed by atoms with van der Waals surface area (Å²) in [5, 5.41) is 11.2. The van der Waals surface area contributed by atoms with Crippen molar-refractivity contribution in [3.8, 4) is 0 Å². The number of hydrogen-bond acceptors (Lipinski definition) is 4. The second kappa shape index (κ2) is 4.74. The molecule has 1 heterocycles. The van der Waals surface area contributed by atoms with Crippen LogP contribution in [0.3, 0.4) is 0 Å². The summed E-state index contributed by atoms with van der Waals surface area (Å²) < 4.78 is 0. The van der Waals surface area contributed by atoms with Gasteiger partial charge in [0.05, 0.1) is 11.8 Å². The SMILES string of the molecule is CC(CC1CC1)Nc1nnccc1C(N)=S. The number of nitrogens with zero attached hydrogens (tertiary/aromatic N) is 2. The fourth-order valence-electron chi connectivity index (χ4n) is 1.78. The number of rotatable bonds is 5. The lowest BCUT2D eigenvalue weighted by Gasteiger charge is -2.15. The molecule has 2 rings (SSSR count). The zero-order chi connectivity index (χ0) is 11.5. The average molecular weight is 236 g/mol. The summed E-state index contributed by atoms with van der Waals surface area (Å²) in [5.74, 6) is 1.58. The van der Waals surface area contributed by atoms with E-state index in [0.29, 0.717) is 16.8 Å². The van der Waals surface area contributed by atoms with Crippen LogP contribution in [-0.2, 0) is 0 Å². The van der Waals surface area contributed by atoms with E-state index in [9.17, 15) is 0 Å². The largest absolute Gasteiger partial charge is 0.389 e. The highest BCUT2D eigenvalue weighted by molar-refractivity contribution is 7.80. The summed E-state index contributed by atoms with van der Waals surface area (Å²) in [6, 6.07) is 2.18. The van der Waals surface area contributed by atoms with Gasteiger partial charge in [0.2, 0.25) is 0 Å². The summed E-state index contributed by atoms with van der Waals surface area (Å²) in [5.41, 5.74) is 6.40. The molecule has 0 aromatic carbocycles. The summed E-state index contributed by atoms with van der Waals surface area (Å²) in [7, 11) is 0. The number of anilines is 1. The van der Waals surface area contributed by atoms with Gasteiger partial charge in [-0.05, 0) is 25.3 Å². The Morgan fingerprint density at radius 1 is 1.69 bits per heavy atom. The van der Waals surface area contributed by atoms with Gasteiger partial charge in [-0.1, -0.05) is 25.1 Å². The second-order valence-corrected chi connectivity index (χ2v) is 4.82. The first-order chi connectivity index (χ1) is 7.66. The minimum Gasteiger partial charge on any atom is -0.389 e. The molecule has 1 fully saturated rings. The third kappa shape index (κ3) is 2.88. The van der Waals surface area contributed by atoms with Crippen molar-refractivity contribution in [2.45, 2.75) is 32.2 Å². The van der Waals surface area contributed by atoms with Gasteiger partial charge >= 0.3 is 0 Å². The van der Waals surface area contributed by atoms with Gasteiger partial charge in [0.1, 0.15) is 4.99 Å². The zero-order valence-electron chi connectivity index (χ0n) is 9.31. The van der Waals surface area contributed by atoms with Crippen molar-refractivity contribution >= 4 is 23.0 Å². The van der Waals surface area contributed by atoms with Crippen LogP contribution in [-0.4, -0.2) is 21.2 Å². The molecule has 1 aromatic rings. The third-order valence-corrected chi connectivity index (χ3v) is 2.97. The van der Waals surface area contributed by atoms with Crippen LogP contribution in [0.2, 0.25) is 0 Å². The highest BCUT2D eigenvalue weighted by Gasteiger charge is 2.24. The van der Waals surface area contributed by atoms with Gasteiger partial charge in [-0.25, -0.2) is 0 Å². The van der Waals surface area contributed by atoms with Crippen molar-refractivity contribution in [2.75, 3.05) is 5.32 Å². The van der Waals surface area contributed by atoms with Gasteiger partial charge < -0.3 is 11.1 Å². The molecule has 0 aliphatic heterocycles. The maximum atomic E-state index is 5.63. The molecule has 1 aliphatic rings. The van der Waals surface area contributed by atoms with E-state index in [1.165, 1.54) is 19.3 Å². The van der Waals surface area contributed by atoms with E-state index in [2.05, 4.69) is 22.4 Å². The molecule has 0 bridgehead atoms. The molecule has 1 saturated carbocycles. The predicted molar refractivity (Wildman–Crippen MR) is 68.3 cm³/mol. The first-order valence-corrected chi connectivity index (χ1v) is 5.95. The van der Waals surface area contributed by atoms with Crippen molar-refractivity contribution in [3.05, 3.63) is 17.8 Å². The Labute approximate surface area is 101 Å². The van der Waals surface area contributed by atoms with Gasteiger partial charge in [-0.3, -0.25) is 0 Å². The van der Waals surface area contributed by atoms with Gasteiger partial charge in [0.25, 0.3) is 0 Å². The van der Waals surface area contributed by atoms with Gasteiger partial charge in [-0.2, -0.15) is 5.10 Å². The highest BCUT2D eigenvalue weighted by Crippen LogP contribution is 2.34. The number of nitrogens with one attached hydrogen (secondary N) is 1. The monoisotopic (exact) mass is 236 g/mol. The maximum absolute atomic E-state index is 5.63. The van der Waals surface area contributed by atoms with Crippen molar-refractivity contribution in [1.82, 2.24) is 10.2 Å². The molecule has 1 unspecified atom stereocenters. The summed E-state index contributed by atoms with van der Waals surface area (Å²) >= 11 is 4.97. The molecule has 0 amide bonds.